The maximum atomic E-state index is 13.9. The van der Waals surface area contributed by atoms with E-state index in [9.17, 15) is 13.6 Å². The van der Waals surface area contributed by atoms with E-state index in [-0.39, 0.29) is 0 Å². The number of carboxylic acid groups (broad SMARTS) is 1. The van der Waals surface area contributed by atoms with Crippen LogP contribution in [-0.2, 0) is 17.1 Å². The van der Waals surface area contributed by atoms with Gasteiger partial charge >= 0.3 is 11.9 Å². The molecule has 0 amide bonds. The number of aryl methyl sites for hydroxylation is 2. The van der Waals surface area contributed by atoms with Gasteiger partial charge in [-0.3, -0.25) is 0 Å². The number of aromatic nitrogens is 1. The van der Waals surface area contributed by atoms with E-state index in [1.807, 2.05) is 42.6 Å². The van der Waals surface area contributed by atoms with Crippen molar-refractivity contribution in [3.05, 3.63) is 93.6 Å². The molecule has 7 heteroatoms. The Kier molecular flexibility index (Phi) is 5.65. The number of ether oxygens (including phenoxy) is 1. The Hall–Kier alpha value is -3.38. The van der Waals surface area contributed by atoms with Crippen molar-refractivity contribution in [3.63, 3.8) is 0 Å². The van der Waals surface area contributed by atoms with Crippen LogP contribution in [0.4, 0.5) is 8.78 Å². The number of alkyl halides is 2. The van der Waals surface area contributed by atoms with Gasteiger partial charge in [-0.05, 0) is 85.0 Å². The lowest BCUT2D eigenvalue weighted by Gasteiger charge is -2.17. The first-order valence-electron chi connectivity index (χ1n) is 9.90. The zero-order valence-electron chi connectivity index (χ0n) is 17.4. The molecule has 4 nitrogen and oxygen atoms in total. The minimum atomic E-state index is -3.96. The Balaban J connectivity index is 1.65. The average Bonchev–Trinajstić information content (AvgIpc) is 3.14. The lowest BCUT2D eigenvalue weighted by atomic mass is 10.0. The number of aliphatic carboxylic acids is 1. The van der Waals surface area contributed by atoms with Crippen molar-refractivity contribution in [2.24, 2.45) is 0 Å². The van der Waals surface area contributed by atoms with E-state index in [1.165, 1.54) is 0 Å². The fraction of sp³-hybridized carbons (Fsp3) is 0.160. The van der Waals surface area contributed by atoms with Crippen LogP contribution >= 0.6 is 11.6 Å². The molecule has 164 valence electrons. The van der Waals surface area contributed by atoms with E-state index >= 15 is 0 Å². The zero-order chi connectivity index (χ0) is 23.0. The third kappa shape index (κ3) is 4.18. The van der Waals surface area contributed by atoms with Gasteiger partial charge in [-0.1, -0.05) is 23.7 Å². The van der Waals surface area contributed by atoms with Crippen LogP contribution in [0.5, 0.6) is 11.5 Å². The smallest absolute Gasteiger partial charge is 0.379 e. The molecular weight excluding hydrogens is 436 g/mol. The van der Waals surface area contributed by atoms with Crippen molar-refractivity contribution in [1.82, 2.24) is 4.98 Å². The number of fused-ring (bicyclic) bond motifs is 1. The lowest BCUT2D eigenvalue weighted by Crippen LogP contribution is -2.25. The summed E-state index contributed by atoms with van der Waals surface area (Å²) >= 11 is 5.97. The molecular formula is C25H20ClF2NO3. The van der Waals surface area contributed by atoms with Gasteiger partial charge in [-0.15, -0.1) is 0 Å². The fourth-order valence-corrected chi connectivity index (χ4v) is 3.85. The maximum absolute atomic E-state index is 13.9. The van der Waals surface area contributed by atoms with Crippen molar-refractivity contribution in [3.8, 4) is 11.5 Å². The number of aromatic amines is 1. The normalized spacial score (nSPS) is 11.7. The van der Waals surface area contributed by atoms with Gasteiger partial charge in [0.1, 0.15) is 11.5 Å². The monoisotopic (exact) mass is 455 g/mol. The van der Waals surface area contributed by atoms with Crippen LogP contribution in [-0.4, -0.2) is 16.1 Å². The highest BCUT2D eigenvalue weighted by atomic mass is 35.5. The molecule has 0 spiro atoms. The van der Waals surface area contributed by atoms with Crippen LogP contribution in [0.25, 0.3) is 10.9 Å². The van der Waals surface area contributed by atoms with Crippen LogP contribution in [0.1, 0.15) is 27.8 Å². The second kappa shape index (κ2) is 8.28. The Morgan fingerprint density at radius 1 is 1.06 bits per heavy atom. The van der Waals surface area contributed by atoms with E-state index in [1.54, 1.807) is 19.9 Å². The number of carbonyl (C=O) groups is 1. The maximum Gasteiger partial charge on any atom is 0.379 e. The lowest BCUT2D eigenvalue weighted by molar-refractivity contribution is -0.166. The van der Waals surface area contributed by atoms with Gasteiger partial charge in [0.05, 0.1) is 0 Å². The molecule has 0 aliphatic heterocycles. The van der Waals surface area contributed by atoms with Gasteiger partial charge in [0.25, 0.3) is 0 Å². The van der Waals surface area contributed by atoms with Gasteiger partial charge in [-0.25, -0.2) is 4.79 Å². The first-order chi connectivity index (χ1) is 15.1. The third-order valence-corrected chi connectivity index (χ3v) is 5.61. The van der Waals surface area contributed by atoms with Crippen LogP contribution in [0.15, 0.2) is 60.8 Å². The summed E-state index contributed by atoms with van der Waals surface area (Å²) in [4.78, 5) is 14.2. The molecule has 0 saturated heterocycles. The summed E-state index contributed by atoms with van der Waals surface area (Å²) in [5.41, 5.74) is 3.43. The predicted molar refractivity (Wildman–Crippen MR) is 120 cm³/mol. The molecule has 0 bridgehead atoms. The number of halogens is 3. The minimum absolute atomic E-state index is 0.420. The van der Waals surface area contributed by atoms with Gasteiger partial charge in [-0.2, -0.15) is 8.78 Å². The molecule has 2 N–H and O–H groups in total. The number of H-pyrrole nitrogens is 1. The Labute approximate surface area is 188 Å². The molecule has 0 atom stereocenters. The average molecular weight is 456 g/mol. The Morgan fingerprint density at radius 2 is 1.72 bits per heavy atom. The second-order valence-corrected chi connectivity index (χ2v) is 8.18. The van der Waals surface area contributed by atoms with Crippen molar-refractivity contribution < 1.29 is 23.4 Å². The number of hydrogen-bond acceptors (Lipinski definition) is 2. The standard InChI is InChI=1S/C25H20ClF2NO3/c1-14-9-18(25(27,28)24(30)31)10-15(2)23(14)32-20-7-8-22-21(12-20)17(13-29-22)11-16-3-5-19(26)6-4-16/h3-10,12-13,29H,11H2,1-2H3,(H,30,31). The van der Waals surface area contributed by atoms with E-state index in [4.69, 9.17) is 21.4 Å². The summed E-state index contributed by atoms with van der Waals surface area (Å²) in [6.45, 7) is 3.23. The van der Waals surface area contributed by atoms with Crippen LogP contribution in [0, 0.1) is 13.8 Å². The first-order valence-corrected chi connectivity index (χ1v) is 10.3. The quantitative estimate of drug-likeness (QED) is 0.329. The number of carboxylic acids is 1. The van der Waals surface area contributed by atoms with E-state index in [0.717, 1.165) is 34.2 Å². The fourth-order valence-electron chi connectivity index (χ4n) is 3.72. The number of nitrogens with one attached hydrogen (secondary N) is 1. The van der Waals surface area contributed by atoms with Gasteiger partial charge in [0, 0.05) is 27.7 Å². The van der Waals surface area contributed by atoms with Gasteiger partial charge in [0.2, 0.25) is 0 Å². The van der Waals surface area contributed by atoms with E-state index in [2.05, 4.69) is 4.98 Å². The molecule has 0 aliphatic carbocycles. The molecule has 0 saturated carbocycles. The molecule has 0 unspecified atom stereocenters. The Morgan fingerprint density at radius 3 is 2.34 bits per heavy atom. The molecule has 0 aliphatic rings. The number of benzene rings is 3. The van der Waals surface area contributed by atoms with Crippen molar-refractivity contribution in [2.45, 2.75) is 26.2 Å². The molecule has 0 fully saturated rings. The Bertz CT molecular complexity index is 1290. The molecule has 32 heavy (non-hydrogen) atoms. The molecule has 1 aromatic heterocycles. The summed E-state index contributed by atoms with van der Waals surface area (Å²) in [5.74, 6) is -5.17. The first kappa shape index (κ1) is 21.8. The zero-order valence-corrected chi connectivity index (χ0v) is 18.1. The van der Waals surface area contributed by atoms with Crippen LogP contribution < -0.4 is 4.74 Å². The molecule has 1 heterocycles. The van der Waals surface area contributed by atoms with Crippen LogP contribution in [0.3, 0.4) is 0 Å². The molecule has 4 aromatic rings. The van der Waals surface area contributed by atoms with E-state index in [0.29, 0.717) is 34.1 Å². The van der Waals surface area contributed by atoms with Crippen molar-refractivity contribution in [2.75, 3.05) is 0 Å². The predicted octanol–water partition coefficient (Wildman–Crippen LogP) is 7.00. The van der Waals surface area contributed by atoms with Gasteiger partial charge in [0.15, 0.2) is 0 Å². The molecule has 4 rings (SSSR count). The molecule has 0 radical (unpaired) electrons. The number of hydrogen-bond donors (Lipinski definition) is 2. The number of rotatable bonds is 6. The highest BCUT2D eigenvalue weighted by Gasteiger charge is 2.41. The van der Waals surface area contributed by atoms with Crippen LogP contribution in [0.2, 0.25) is 5.02 Å². The summed E-state index contributed by atoms with van der Waals surface area (Å²) in [7, 11) is 0. The van der Waals surface area contributed by atoms with Crippen molar-refractivity contribution >= 4 is 28.5 Å². The second-order valence-electron chi connectivity index (χ2n) is 7.75. The summed E-state index contributed by atoms with van der Waals surface area (Å²) in [5, 5.41) is 10.5. The summed E-state index contributed by atoms with van der Waals surface area (Å²) in [6, 6.07) is 15.5. The summed E-state index contributed by atoms with van der Waals surface area (Å²) in [6.07, 6.45) is 2.65. The molecule has 3 aromatic carbocycles. The van der Waals surface area contributed by atoms with Crippen molar-refractivity contribution in [1.29, 1.82) is 0 Å². The summed E-state index contributed by atoms with van der Waals surface area (Å²) < 4.78 is 33.9. The minimum Gasteiger partial charge on any atom is -0.477 e. The van der Waals surface area contributed by atoms with E-state index < -0.39 is 17.5 Å². The third-order valence-electron chi connectivity index (χ3n) is 5.36. The largest absolute Gasteiger partial charge is 0.477 e. The van der Waals surface area contributed by atoms with Gasteiger partial charge < -0.3 is 14.8 Å². The SMILES string of the molecule is Cc1cc(C(F)(F)C(=O)O)cc(C)c1Oc1ccc2[nH]cc(Cc3ccc(Cl)cc3)c2c1. The topological polar surface area (TPSA) is 62.3 Å². The highest BCUT2D eigenvalue weighted by molar-refractivity contribution is 6.30. The highest BCUT2D eigenvalue weighted by Crippen LogP contribution is 2.37.